The molecule has 0 aliphatic rings. The zero-order valence-electron chi connectivity index (χ0n) is 8.45. The van der Waals surface area contributed by atoms with Gasteiger partial charge in [0.15, 0.2) is 0 Å². The Morgan fingerprint density at radius 2 is 2.29 bits per heavy atom. The van der Waals surface area contributed by atoms with Gasteiger partial charge in [0.05, 0.1) is 7.11 Å². The highest BCUT2D eigenvalue weighted by Crippen LogP contribution is 2.16. The van der Waals surface area contributed by atoms with E-state index >= 15 is 0 Å². The number of esters is 1. The van der Waals surface area contributed by atoms with E-state index in [1.54, 1.807) is 11.8 Å². The van der Waals surface area contributed by atoms with Crippen molar-refractivity contribution in [3.05, 3.63) is 29.8 Å². The number of carbonyl (C=O) groups is 1. The molecule has 1 rings (SSSR count). The highest BCUT2D eigenvalue weighted by Gasteiger charge is 2.01. The Kier molecular flexibility index (Phi) is 4.53. The van der Waals surface area contributed by atoms with Crippen LogP contribution in [-0.4, -0.2) is 19.3 Å². The van der Waals surface area contributed by atoms with Crippen molar-refractivity contribution in [2.75, 3.05) is 13.4 Å². The molecule has 1 aromatic rings. The Morgan fingerprint density at radius 3 is 2.93 bits per heavy atom. The lowest BCUT2D eigenvalue weighted by Crippen LogP contribution is -2.01. The smallest absolute Gasteiger partial charge is 0.305 e. The van der Waals surface area contributed by atoms with E-state index in [0.29, 0.717) is 6.42 Å². The van der Waals surface area contributed by atoms with Crippen LogP contribution in [0.3, 0.4) is 0 Å². The van der Waals surface area contributed by atoms with Gasteiger partial charge in [-0.05, 0) is 30.4 Å². The first-order chi connectivity index (χ1) is 6.76. The number of rotatable bonds is 4. The van der Waals surface area contributed by atoms with Gasteiger partial charge in [0.1, 0.15) is 0 Å². The molecule has 3 heteroatoms. The van der Waals surface area contributed by atoms with E-state index in [1.165, 1.54) is 17.6 Å². The third-order valence-electron chi connectivity index (χ3n) is 1.98. The van der Waals surface area contributed by atoms with Crippen molar-refractivity contribution in [2.24, 2.45) is 0 Å². The summed E-state index contributed by atoms with van der Waals surface area (Å²) < 4.78 is 4.58. The molecule has 0 aliphatic heterocycles. The highest BCUT2D eigenvalue weighted by molar-refractivity contribution is 7.98. The van der Waals surface area contributed by atoms with Crippen molar-refractivity contribution >= 4 is 17.7 Å². The van der Waals surface area contributed by atoms with Crippen molar-refractivity contribution in [2.45, 2.75) is 17.7 Å². The molecule has 0 saturated carbocycles. The molecule has 0 bridgehead atoms. The van der Waals surface area contributed by atoms with Crippen LogP contribution in [-0.2, 0) is 16.0 Å². The predicted octanol–water partition coefficient (Wildman–Crippen LogP) is 2.51. The monoisotopic (exact) mass is 210 g/mol. The minimum Gasteiger partial charge on any atom is -0.469 e. The molecule has 0 aliphatic carbocycles. The molecule has 0 fully saturated rings. The second-order valence-corrected chi connectivity index (χ2v) is 3.81. The van der Waals surface area contributed by atoms with Crippen molar-refractivity contribution in [3.63, 3.8) is 0 Å². The first-order valence-corrected chi connectivity index (χ1v) is 5.68. The third-order valence-corrected chi connectivity index (χ3v) is 2.70. The molecule has 0 saturated heterocycles. The minimum atomic E-state index is -0.153. The van der Waals surface area contributed by atoms with Gasteiger partial charge in [0.2, 0.25) is 0 Å². The Bertz CT molecular complexity index is 310. The molecule has 0 aromatic heterocycles. The number of carbonyl (C=O) groups excluding carboxylic acids is 1. The van der Waals surface area contributed by atoms with E-state index in [1.807, 2.05) is 18.4 Å². The standard InChI is InChI=1S/C11H14O2S/c1-13-11(12)7-6-9-4-3-5-10(8-9)14-2/h3-5,8H,6-7H2,1-2H3. The Labute approximate surface area is 88.7 Å². The Morgan fingerprint density at radius 1 is 1.50 bits per heavy atom. The summed E-state index contributed by atoms with van der Waals surface area (Å²) in [6, 6.07) is 8.21. The van der Waals surface area contributed by atoms with Crippen LogP contribution in [0.2, 0.25) is 0 Å². The van der Waals surface area contributed by atoms with E-state index in [-0.39, 0.29) is 5.97 Å². The molecular formula is C11H14O2S. The van der Waals surface area contributed by atoms with Gasteiger partial charge in [-0.1, -0.05) is 12.1 Å². The Hall–Kier alpha value is -0.960. The van der Waals surface area contributed by atoms with Crippen LogP contribution in [0.15, 0.2) is 29.2 Å². The van der Waals surface area contributed by atoms with Gasteiger partial charge in [-0.3, -0.25) is 4.79 Å². The van der Waals surface area contributed by atoms with Crippen molar-refractivity contribution in [1.82, 2.24) is 0 Å². The molecule has 76 valence electrons. The second kappa shape index (κ2) is 5.70. The summed E-state index contributed by atoms with van der Waals surface area (Å²) >= 11 is 1.71. The number of aryl methyl sites for hydroxylation is 1. The van der Waals surface area contributed by atoms with E-state index in [2.05, 4.69) is 16.9 Å². The maximum Gasteiger partial charge on any atom is 0.305 e. The maximum absolute atomic E-state index is 10.9. The predicted molar refractivity (Wildman–Crippen MR) is 58.6 cm³/mol. The zero-order chi connectivity index (χ0) is 10.4. The highest BCUT2D eigenvalue weighted by atomic mass is 32.2. The van der Waals surface area contributed by atoms with Gasteiger partial charge >= 0.3 is 5.97 Å². The molecule has 14 heavy (non-hydrogen) atoms. The van der Waals surface area contributed by atoms with E-state index < -0.39 is 0 Å². The summed E-state index contributed by atoms with van der Waals surface area (Å²) in [5.41, 5.74) is 1.18. The Balaban J connectivity index is 2.54. The van der Waals surface area contributed by atoms with E-state index in [4.69, 9.17) is 0 Å². The number of ether oxygens (including phenoxy) is 1. The van der Waals surface area contributed by atoms with Gasteiger partial charge in [-0.15, -0.1) is 11.8 Å². The van der Waals surface area contributed by atoms with Crippen LogP contribution in [0.4, 0.5) is 0 Å². The molecule has 0 radical (unpaired) electrons. The number of thioether (sulfide) groups is 1. The molecule has 0 amide bonds. The molecule has 1 aromatic carbocycles. The van der Waals surface area contributed by atoms with Gasteiger partial charge in [0, 0.05) is 11.3 Å². The summed E-state index contributed by atoms with van der Waals surface area (Å²) in [4.78, 5) is 12.1. The second-order valence-electron chi connectivity index (χ2n) is 2.93. The van der Waals surface area contributed by atoms with Crippen LogP contribution in [0.1, 0.15) is 12.0 Å². The lowest BCUT2D eigenvalue weighted by Gasteiger charge is -2.02. The zero-order valence-corrected chi connectivity index (χ0v) is 9.26. The maximum atomic E-state index is 10.9. The normalized spacial score (nSPS) is 9.86. The average Bonchev–Trinajstić information content (AvgIpc) is 2.26. The minimum absolute atomic E-state index is 0.153. The fraction of sp³-hybridized carbons (Fsp3) is 0.364. The van der Waals surface area contributed by atoms with Gasteiger partial charge in [-0.2, -0.15) is 0 Å². The molecule has 2 nitrogen and oxygen atoms in total. The number of hydrogen-bond donors (Lipinski definition) is 0. The molecule has 0 unspecified atom stereocenters. The van der Waals surface area contributed by atoms with Crippen molar-refractivity contribution in [3.8, 4) is 0 Å². The molecule has 0 atom stereocenters. The summed E-state index contributed by atoms with van der Waals surface area (Å²) in [7, 11) is 1.42. The molecule has 0 spiro atoms. The summed E-state index contributed by atoms with van der Waals surface area (Å²) in [5.74, 6) is -0.153. The average molecular weight is 210 g/mol. The first-order valence-electron chi connectivity index (χ1n) is 4.46. The fourth-order valence-electron chi connectivity index (χ4n) is 1.18. The fourth-order valence-corrected chi connectivity index (χ4v) is 1.66. The van der Waals surface area contributed by atoms with Gasteiger partial charge in [0.25, 0.3) is 0 Å². The SMILES string of the molecule is COC(=O)CCc1cccc(SC)c1. The van der Waals surface area contributed by atoms with Crippen molar-refractivity contribution in [1.29, 1.82) is 0 Å². The van der Waals surface area contributed by atoms with E-state index in [9.17, 15) is 4.79 Å². The van der Waals surface area contributed by atoms with Crippen molar-refractivity contribution < 1.29 is 9.53 Å². The number of hydrogen-bond acceptors (Lipinski definition) is 3. The largest absolute Gasteiger partial charge is 0.469 e. The van der Waals surface area contributed by atoms with Gasteiger partial charge < -0.3 is 4.74 Å². The number of benzene rings is 1. The van der Waals surface area contributed by atoms with Crippen LogP contribution >= 0.6 is 11.8 Å². The van der Waals surface area contributed by atoms with E-state index in [0.717, 1.165) is 6.42 Å². The lowest BCUT2D eigenvalue weighted by molar-refractivity contribution is -0.140. The topological polar surface area (TPSA) is 26.3 Å². The molecular weight excluding hydrogens is 196 g/mol. The molecule has 0 N–H and O–H groups in total. The van der Waals surface area contributed by atoms with Crippen LogP contribution in [0.5, 0.6) is 0 Å². The quantitative estimate of drug-likeness (QED) is 0.564. The van der Waals surface area contributed by atoms with Gasteiger partial charge in [-0.25, -0.2) is 0 Å². The summed E-state index contributed by atoms with van der Waals surface area (Å²) in [6.45, 7) is 0. The van der Waals surface area contributed by atoms with Crippen LogP contribution in [0.25, 0.3) is 0 Å². The lowest BCUT2D eigenvalue weighted by atomic mass is 10.1. The third kappa shape index (κ3) is 3.42. The number of methoxy groups -OCH3 is 1. The summed E-state index contributed by atoms with van der Waals surface area (Å²) in [6.07, 6.45) is 3.24. The van der Waals surface area contributed by atoms with Crippen LogP contribution in [0, 0.1) is 0 Å². The van der Waals surface area contributed by atoms with Crippen LogP contribution < -0.4 is 0 Å². The first kappa shape index (κ1) is 11.1. The molecule has 0 heterocycles. The summed E-state index contributed by atoms with van der Waals surface area (Å²) in [5, 5.41) is 0.